The maximum Gasteiger partial charge on any atom is 0.148 e. The van der Waals surface area contributed by atoms with E-state index < -0.39 is 0 Å². The molecule has 0 fully saturated rings. The van der Waals surface area contributed by atoms with Crippen molar-refractivity contribution >= 4 is 26.1 Å². The van der Waals surface area contributed by atoms with Crippen LogP contribution in [0.3, 0.4) is 0 Å². The molecule has 0 bridgehead atoms. The van der Waals surface area contributed by atoms with Crippen LogP contribution in [0.15, 0.2) is 18.2 Å². The van der Waals surface area contributed by atoms with Gasteiger partial charge < -0.3 is 0 Å². The molecule has 0 aliphatic rings. The normalized spacial score (nSPS) is 9.40. The van der Waals surface area contributed by atoms with Crippen molar-refractivity contribution in [2.75, 3.05) is 0 Å². The van der Waals surface area contributed by atoms with E-state index in [1.165, 1.54) is 5.46 Å². The minimum Gasteiger partial charge on any atom is -0.0939 e. The molecule has 0 N–H and O–H groups in total. The molecule has 0 spiro atoms. The number of aryl methyl sites for hydroxylation is 1. The van der Waals surface area contributed by atoms with Crippen LogP contribution in [0.1, 0.15) is 5.56 Å². The lowest BCUT2D eigenvalue weighted by Crippen LogP contribution is -2.17. The lowest BCUT2D eigenvalue weighted by Gasteiger charge is -2.01. The van der Waals surface area contributed by atoms with Crippen LogP contribution in [0.4, 0.5) is 0 Å². The SMILES string of the molecule is [B]c1ccc([B]C)cc1C. The summed E-state index contributed by atoms with van der Waals surface area (Å²) < 4.78 is 0. The molecule has 0 aliphatic heterocycles. The predicted molar refractivity (Wildman–Crippen MR) is 47.8 cm³/mol. The lowest BCUT2D eigenvalue weighted by molar-refractivity contribution is 1.54. The second kappa shape index (κ2) is 2.96. The Kier molecular flexibility index (Phi) is 2.21. The third kappa shape index (κ3) is 1.44. The molecule has 1 rings (SSSR count). The first-order chi connectivity index (χ1) is 4.74. The number of hydrogen-bond donors (Lipinski definition) is 0. The van der Waals surface area contributed by atoms with Crippen molar-refractivity contribution in [2.45, 2.75) is 13.7 Å². The molecule has 10 heavy (non-hydrogen) atoms. The van der Waals surface area contributed by atoms with Crippen molar-refractivity contribution in [3.63, 3.8) is 0 Å². The Bertz CT molecular complexity index is 231. The smallest absolute Gasteiger partial charge is 0.0939 e. The van der Waals surface area contributed by atoms with Gasteiger partial charge in [0.1, 0.15) is 15.1 Å². The first-order valence-corrected chi connectivity index (χ1v) is 3.39. The molecule has 0 aromatic heterocycles. The molecule has 0 saturated heterocycles. The first kappa shape index (κ1) is 7.46. The fourth-order valence-electron chi connectivity index (χ4n) is 0.878. The summed E-state index contributed by atoms with van der Waals surface area (Å²) in [4.78, 5) is 0. The minimum absolute atomic E-state index is 0.866. The molecule has 3 radical (unpaired) electrons. The zero-order valence-electron chi connectivity index (χ0n) is 6.39. The highest BCUT2D eigenvalue weighted by atomic mass is 13.9. The highest BCUT2D eigenvalue weighted by molar-refractivity contribution is 6.52. The van der Waals surface area contributed by atoms with Gasteiger partial charge in [0, 0.05) is 0 Å². The molecule has 0 saturated carbocycles. The Labute approximate surface area is 64.3 Å². The van der Waals surface area contributed by atoms with Crippen LogP contribution < -0.4 is 10.9 Å². The fraction of sp³-hybridized carbons (Fsp3) is 0.250. The molecule has 0 aliphatic carbocycles. The zero-order valence-corrected chi connectivity index (χ0v) is 6.39. The summed E-state index contributed by atoms with van der Waals surface area (Å²) in [5.74, 6) is 0. The Morgan fingerprint density at radius 3 is 2.60 bits per heavy atom. The van der Waals surface area contributed by atoms with Crippen molar-refractivity contribution in [3.05, 3.63) is 23.8 Å². The lowest BCUT2D eigenvalue weighted by atomic mass is 9.71. The maximum atomic E-state index is 5.63. The van der Waals surface area contributed by atoms with E-state index in [1.54, 1.807) is 0 Å². The molecule has 0 nitrogen and oxygen atoms in total. The van der Waals surface area contributed by atoms with Gasteiger partial charge in [-0.1, -0.05) is 41.5 Å². The van der Waals surface area contributed by atoms with Crippen LogP contribution in [0.2, 0.25) is 6.82 Å². The van der Waals surface area contributed by atoms with E-state index in [-0.39, 0.29) is 0 Å². The van der Waals surface area contributed by atoms with Crippen LogP contribution in [0.5, 0.6) is 0 Å². The van der Waals surface area contributed by atoms with Crippen molar-refractivity contribution in [2.24, 2.45) is 0 Å². The van der Waals surface area contributed by atoms with Gasteiger partial charge in [-0.05, 0) is 6.92 Å². The van der Waals surface area contributed by atoms with Gasteiger partial charge in [0.05, 0.1) is 0 Å². The Balaban J connectivity index is 3.04. The van der Waals surface area contributed by atoms with Crippen LogP contribution >= 0.6 is 0 Å². The molecule has 47 valence electrons. The topological polar surface area (TPSA) is 0 Å². The van der Waals surface area contributed by atoms with E-state index in [0.29, 0.717) is 0 Å². The van der Waals surface area contributed by atoms with E-state index in [9.17, 15) is 0 Å². The van der Waals surface area contributed by atoms with Crippen LogP contribution in [0, 0.1) is 6.92 Å². The van der Waals surface area contributed by atoms with E-state index in [4.69, 9.17) is 7.85 Å². The van der Waals surface area contributed by atoms with Crippen molar-refractivity contribution in [1.82, 2.24) is 0 Å². The van der Waals surface area contributed by atoms with Crippen LogP contribution in [0.25, 0.3) is 0 Å². The third-order valence-electron chi connectivity index (χ3n) is 1.63. The molecule has 1 aromatic rings. The van der Waals surface area contributed by atoms with Gasteiger partial charge in [0.25, 0.3) is 0 Å². The quantitative estimate of drug-likeness (QED) is 0.471. The van der Waals surface area contributed by atoms with Gasteiger partial charge >= 0.3 is 0 Å². The van der Waals surface area contributed by atoms with Crippen LogP contribution in [-0.2, 0) is 0 Å². The van der Waals surface area contributed by atoms with Gasteiger partial charge in [-0.15, -0.1) is 0 Å². The van der Waals surface area contributed by atoms with Crippen molar-refractivity contribution < 1.29 is 0 Å². The molecular formula is C8H9B2. The average molecular weight is 127 g/mol. The number of hydrogen-bond acceptors (Lipinski definition) is 0. The van der Waals surface area contributed by atoms with E-state index in [0.717, 1.165) is 11.0 Å². The molecule has 1 aromatic carbocycles. The Hall–Kier alpha value is -0.650. The van der Waals surface area contributed by atoms with Crippen molar-refractivity contribution in [3.8, 4) is 0 Å². The average Bonchev–Trinajstić information content (AvgIpc) is 1.95. The van der Waals surface area contributed by atoms with Gasteiger partial charge in [0.15, 0.2) is 0 Å². The summed E-state index contributed by atoms with van der Waals surface area (Å²) in [6.45, 7) is 4.04. The van der Waals surface area contributed by atoms with Gasteiger partial charge in [0.2, 0.25) is 0 Å². The van der Waals surface area contributed by atoms with Gasteiger partial charge in [-0.2, -0.15) is 0 Å². The number of benzene rings is 1. The summed E-state index contributed by atoms with van der Waals surface area (Å²) >= 11 is 0. The minimum atomic E-state index is 0.866. The molecule has 0 unspecified atom stereocenters. The van der Waals surface area contributed by atoms with E-state index in [1.807, 2.05) is 25.9 Å². The zero-order chi connectivity index (χ0) is 7.56. The molecular weight excluding hydrogens is 118 g/mol. The van der Waals surface area contributed by atoms with E-state index >= 15 is 0 Å². The Morgan fingerprint density at radius 1 is 1.40 bits per heavy atom. The summed E-state index contributed by atoms with van der Waals surface area (Å²) in [5, 5.41) is 0. The molecule has 0 heterocycles. The molecule has 0 atom stereocenters. The molecule has 2 heteroatoms. The third-order valence-corrected chi connectivity index (χ3v) is 1.63. The van der Waals surface area contributed by atoms with Gasteiger partial charge in [-0.25, -0.2) is 0 Å². The summed E-state index contributed by atoms with van der Waals surface area (Å²) in [6.07, 6.45) is 0. The summed E-state index contributed by atoms with van der Waals surface area (Å²) in [7, 11) is 7.69. The second-order valence-electron chi connectivity index (χ2n) is 2.40. The fourth-order valence-corrected chi connectivity index (χ4v) is 0.878. The second-order valence-corrected chi connectivity index (χ2v) is 2.40. The first-order valence-electron chi connectivity index (χ1n) is 3.39. The highest BCUT2D eigenvalue weighted by Crippen LogP contribution is 1.87. The molecule has 0 amide bonds. The van der Waals surface area contributed by atoms with Gasteiger partial charge in [-0.3, -0.25) is 0 Å². The highest BCUT2D eigenvalue weighted by Gasteiger charge is 1.92. The van der Waals surface area contributed by atoms with E-state index in [2.05, 4.69) is 13.3 Å². The standard InChI is InChI=1S/C8H9B2/c1-6-5-7(10-2)3-4-8(6)9/h3-5H,1-2H3. The number of rotatable bonds is 1. The maximum absolute atomic E-state index is 5.63. The summed E-state index contributed by atoms with van der Waals surface area (Å²) in [6, 6.07) is 6.03. The van der Waals surface area contributed by atoms with Crippen molar-refractivity contribution in [1.29, 1.82) is 0 Å². The largest absolute Gasteiger partial charge is 0.148 e. The Morgan fingerprint density at radius 2 is 2.10 bits per heavy atom. The summed E-state index contributed by atoms with van der Waals surface area (Å²) in [5.41, 5.74) is 3.24. The van der Waals surface area contributed by atoms with Crippen LogP contribution in [-0.4, -0.2) is 15.1 Å². The monoisotopic (exact) mass is 127 g/mol. The predicted octanol–water partition coefficient (Wildman–Crippen LogP) is 0.166.